The summed E-state index contributed by atoms with van der Waals surface area (Å²) in [5.74, 6) is -0.876. The van der Waals surface area contributed by atoms with Gasteiger partial charge in [0.15, 0.2) is 0 Å². The standard InChI is InChI=1S/C13H9Cl2FN2O3/c14-8-3-7(13(19)10(15)4-8)6-17-11-2-1-9(16)5-12(11)18(20)21/h1-5,17,19H,6H2. The second-order valence-electron chi connectivity index (χ2n) is 4.17. The molecule has 0 aromatic heterocycles. The molecule has 2 rings (SSSR count). The minimum absolute atomic E-state index is 0.0403. The molecule has 0 aliphatic carbocycles. The maximum atomic E-state index is 13.0. The lowest BCUT2D eigenvalue weighted by Crippen LogP contribution is -2.03. The van der Waals surface area contributed by atoms with Crippen molar-refractivity contribution in [2.45, 2.75) is 6.54 Å². The van der Waals surface area contributed by atoms with Crippen LogP contribution >= 0.6 is 23.2 Å². The fourth-order valence-electron chi connectivity index (χ4n) is 1.75. The van der Waals surface area contributed by atoms with Crippen LogP contribution in [0.5, 0.6) is 5.75 Å². The topological polar surface area (TPSA) is 75.4 Å². The number of halogens is 3. The summed E-state index contributed by atoms with van der Waals surface area (Å²) in [6, 6.07) is 6.01. The molecule has 0 unspecified atom stereocenters. The van der Waals surface area contributed by atoms with E-state index in [1.807, 2.05) is 0 Å². The molecule has 8 heteroatoms. The van der Waals surface area contributed by atoms with Crippen LogP contribution in [-0.2, 0) is 6.54 Å². The van der Waals surface area contributed by atoms with Crippen LogP contribution in [0, 0.1) is 15.9 Å². The molecule has 2 aromatic rings. The second kappa shape index (κ2) is 6.15. The number of anilines is 1. The van der Waals surface area contributed by atoms with Crippen LogP contribution in [0.3, 0.4) is 0 Å². The highest BCUT2D eigenvalue weighted by molar-refractivity contribution is 6.35. The third kappa shape index (κ3) is 3.53. The molecule has 0 heterocycles. The molecule has 0 saturated carbocycles. The summed E-state index contributed by atoms with van der Waals surface area (Å²) in [5, 5.41) is 23.8. The number of nitrogens with zero attached hydrogens (tertiary/aromatic N) is 1. The molecular weight excluding hydrogens is 322 g/mol. The van der Waals surface area contributed by atoms with Crippen LogP contribution in [0.2, 0.25) is 10.0 Å². The van der Waals surface area contributed by atoms with Gasteiger partial charge in [-0.05, 0) is 24.3 Å². The normalized spacial score (nSPS) is 10.4. The SMILES string of the molecule is O=[N+]([O-])c1cc(F)ccc1NCc1cc(Cl)cc(Cl)c1O. The molecule has 0 aliphatic heterocycles. The van der Waals surface area contributed by atoms with E-state index in [4.69, 9.17) is 23.2 Å². The number of nitro groups is 1. The molecule has 0 atom stereocenters. The summed E-state index contributed by atoms with van der Waals surface area (Å²) in [5.41, 5.74) is 0.0886. The van der Waals surface area contributed by atoms with Gasteiger partial charge in [0, 0.05) is 17.1 Å². The van der Waals surface area contributed by atoms with Gasteiger partial charge in [-0.15, -0.1) is 0 Å². The van der Waals surface area contributed by atoms with Crippen molar-refractivity contribution >= 4 is 34.6 Å². The average molecular weight is 331 g/mol. The first-order valence-corrected chi connectivity index (χ1v) is 6.49. The van der Waals surface area contributed by atoms with E-state index in [-0.39, 0.29) is 23.0 Å². The molecule has 0 bridgehead atoms. The Bertz CT molecular complexity index is 710. The molecule has 0 saturated heterocycles. The van der Waals surface area contributed by atoms with Crippen molar-refractivity contribution in [3.05, 3.63) is 61.9 Å². The van der Waals surface area contributed by atoms with Gasteiger partial charge < -0.3 is 10.4 Å². The Morgan fingerprint density at radius 1 is 1.29 bits per heavy atom. The third-order valence-corrected chi connectivity index (χ3v) is 3.24. The highest BCUT2D eigenvalue weighted by Gasteiger charge is 2.15. The predicted octanol–water partition coefficient (Wildman–Crippen LogP) is 4.36. The first kappa shape index (κ1) is 15.3. The Morgan fingerprint density at radius 2 is 2.00 bits per heavy atom. The fourth-order valence-corrected chi connectivity index (χ4v) is 2.29. The number of phenols is 1. The van der Waals surface area contributed by atoms with E-state index >= 15 is 0 Å². The number of hydrogen-bond acceptors (Lipinski definition) is 4. The van der Waals surface area contributed by atoms with Crippen LogP contribution in [-0.4, -0.2) is 10.0 Å². The lowest BCUT2D eigenvalue weighted by molar-refractivity contribution is -0.384. The summed E-state index contributed by atoms with van der Waals surface area (Å²) in [6.45, 7) is 0.0403. The number of rotatable bonds is 4. The summed E-state index contributed by atoms with van der Waals surface area (Å²) < 4.78 is 13.0. The van der Waals surface area contributed by atoms with Crippen molar-refractivity contribution in [1.82, 2.24) is 0 Å². The van der Waals surface area contributed by atoms with Crippen molar-refractivity contribution in [3.8, 4) is 5.75 Å². The maximum Gasteiger partial charge on any atom is 0.295 e. The predicted molar refractivity (Wildman–Crippen MR) is 78.5 cm³/mol. The molecule has 0 amide bonds. The van der Waals surface area contributed by atoms with Crippen molar-refractivity contribution in [1.29, 1.82) is 0 Å². The van der Waals surface area contributed by atoms with Crippen LogP contribution in [0.4, 0.5) is 15.8 Å². The molecule has 5 nitrogen and oxygen atoms in total. The lowest BCUT2D eigenvalue weighted by Gasteiger charge is -2.10. The van der Waals surface area contributed by atoms with Gasteiger partial charge >= 0.3 is 0 Å². The summed E-state index contributed by atoms with van der Waals surface area (Å²) in [7, 11) is 0. The van der Waals surface area contributed by atoms with E-state index in [0.717, 1.165) is 12.1 Å². The number of benzene rings is 2. The Balaban J connectivity index is 2.27. The zero-order valence-electron chi connectivity index (χ0n) is 10.4. The molecule has 0 fully saturated rings. The zero-order valence-corrected chi connectivity index (χ0v) is 12.0. The van der Waals surface area contributed by atoms with Gasteiger partial charge in [-0.2, -0.15) is 0 Å². The number of aromatic hydroxyl groups is 1. The first-order chi connectivity index (χ1) is 9.88. The largest absolute Gasteiger partial charge is 0.506 e. The van der Waals surface area contributed by atoms with Gasteiger partial charge in [0.05, 0.1) is 16.0 Å². The highest BCUT2D eigenvalue weighted by Crippen LogP contribution is 2.32. The highest BCUT2D eigenvalue weighted by atomic mass is 35.5. The minimum Gasteiger partial charge on any atom is -0.506 e. The van der Waals surface area contributed by atoms with Gasteiger partial charge in [0.25, 0.3) is 5.69 Å². The average Bonchev–Trinajstić information content (AvgIpc) is 2.42. The van der Waals surface area contributed by atoms with E-state index in [0.29, 0.717) is 10.6 Å². The van der Waals surface area contributed by atoms with E-state index in [2.05, 4.69) is 5.32 Å². The van der Waals surface area contributed by atoms with Crippen molar-refractivity contribution in [2.75, 3.05) is 5.32 Å². The van der Waals surface area contributed by atoms with Crippen molar-refractivity contribution < 1.29 is 14.4 Å². The van der Waals surface area contributed by atoms with E-state index in [1.54, 1.807) is 0 Å². The second-order valence-corrected chi connectivity index (χ2v) is 5.01. The Kier molecular flexibility index (Phi) is 4.50. The number of phenolic OH excluding ortho intramolecular Hbond substituents is 1. The number of nitrogens with one attached hydrogen (secondary N) is 1. The van der Waals surface area contributed by atoms with Gasteiger partial charge in [-0.1, -0.05) is 23.2 Å². The van der Waals surface area contributed by atoms with E-state index < -0.39 is 16.4 Å². The van der Waals surface area contributed by atoms with Crippen molar-refractivity contribution in [3.63, 3.8) is 0 Å². The number of hydrogen-bond donors (Lipinski definition) is 2. The van der Waals surface area contributed by atoms with Crippen LogP contribution < -0.4 is 5.32 Å². The molecule has 0 aliphatic rings. The molecular formula is C13H9Cl2FN2O3. The molecule has 110 valence electrons. The molecule has 21 heavy (non-hydrogen) atoms. The smallest absolute Gasteiger partial charge is 0.295 e. The Labute approximate surface area is 129 Å². The third-order valence-electron chi connectivity index (χ3n) is 2.73. The van der Waals surface area contributed by atoms with Gasteiger partial charge in [-0.3, -0.25) is 10.1 Å². The van der Waals surface area contributed by atoms with Gasteiger partial charge in [0.1, 0.15) is 17.3 Å². The van der Waals surface area contributed by atoms with Crippen LogP contribution in [0.1, 0.15) is 5.56 Å². The van der Waals surface area contributed by atoms with Crippen LogP contribution in [0.15, 0.2) is 30.3 Å². The monoisotopic (exact) mass is 330 g/mol. The quantitative estimate of drug-likeness (QED) is 0.645. The van der Waals surface area contributed by atoms with Gasteiger partial charge in [0.2, 0.25) is 0 Å². The Morgan fingerprint density at radius 3 is 2.67 bits per heavy atom. The maximum absolute atomic E-state index is 13.0. The molecule has 0 spiro atoms. The van der Waals surface area contributed by atoms with Gasteiger partial charge in [-0.25, -0.2) is 4.39 Å². The van der Waals surface area contributed by atoms with Crippen molar-refractivity contribution in [2.24, 2.45) is 0 Å². The summed E-state index contributed by atoms with van der Waals surface area (Å²) in [4.78, 5) is 10.2. The summed E-state index contributed by atoms with van der Waals surface area (Å²) in [6.07, 6.45) is 0. The Hall–Kier alpha value is -2.05. The first-order valence-electron chi connectivity index (χ1n) is 5.73. The van der Waals surface area contributed by atoms with Crippen LogP contribution in [0.25, 0.3) is 0 Å². The minimum atomic E-state index is -0.708. The fraction of sp³-hybridized carbons (Fsp3) is 0.0769. The van der Waals surface area contributed by atoms with E-state index in [1.165, 1.54) is 18.2 Å². The lowest BCUT2D eigenvalue weighted by atomic mass is 10.2. The molecule has 0 radical (unpaired) electrons. The van der Waals surface area contributed by atoms with E-state index in [9.17, 15) is 19.6 Å². The zero-order chi connectivity index (χ0) is 15.6. The number of nitro benzene ring substituents is 1. The molecule has 2 N–H and O–H groups in total. The molecule has 2 aromatic carbocycles. The summed E-state index contributed by atoms with van der Waals surface area (Å²) >= 11 is 11.6.